The van der Waals surface area contributed by atoms with Gasteiger partial charge in [-0.2, -0.15) is 0 Å². The van der Waals surface area contributed by atoms with Gasteiger partial charge in [-0.25, -0.2) is 0 Å². The van der Waals surface area contributed by atoms with Gasteiger partial charge in [0.25, 0.3) is 0 Å². The van der Waals surface area contributed by atoms with Crippen LogP contribution >= 0.6 is 0 Å². The number of nitrogens with zero attached hydrogens (tertiary/aromatic N) is 1. The van der Waals surface area contributed by atoms with Crippen LogP contribution in [0.2, 0.25) is 0 Å². The second-order valence-electron chi connectivity index (χ2n) is 6.42. The maximum absolute atomic E-state index is 2.79. The molecule has 0 bridgehead atoms. The third-order valence-corrected chi connectivity index (χ3v) is 5.61. The van der Waals surface area contributed by atoms with E-state index in [1.54, 1.807) is 5.57 Å². The second-order valence-corrected chi connectivity index (χ2v) is 6.42. The average Bonchev–Trinajstić information content (AvgIpc) is 2.78. The van der Waals surface area contributed by atoms with E-state index in [9.17, 15) is 0 Å². The van der Waals surface area contributed by atoms with Gasteiger partial charge >= 0.3 is 0 Å². The quantitative estimate of drug-likeness (QED) is 0.609. The molecule has 4 atom stereocenters. The Labute approximate surface area is 105 Å². The fraction of sp³-hybridized carbons (Fsp3) is 0.750. The summed E-state index contributed by atoms with van der Waals surface area (Å²) in [7, 11) is 0. The lowest BCUT2D eigenvalue weighted by Crippen LogP contribution is -2.49. The van der Waals surface area contributed by atoms with Gasteiger partial charge in [0, 0.05) is 24.2 Å². The maximum atomic E-state index is 2.79. The van der Waals surface area contributed by atoms with Crippen LogP contribution in [0.4, 0.5) is 0 Å². The highest BCUT2D eigenvalue weighted by Gasteiger charge is 2.44. The first-order chi connectivity index (χ1) is 8.43. The van der Waals surface area contributed by atoms with Crippen molar-refractivity contribution < 1.29 is 0 Å². The van der Waals surface area contributed by atoms with E-state index in [1.165, 1.54) is 51.4 Å². The van der Waals surface area contributed by atoms with E-state index in [0.717, 1.165) is 23.9 Å². The summed E-state index contributed by atoms with van der Waals surface area (Å²) < 4.78 is 0. The molecule has 92 valence electrons. The standard InChI is InChI=1S/C16H23N/c1-3-7-14-13(6-1)11-17-15-8-4-2-5-12(15)9-10-16(14)17/h1,6,11-12,14-16H,2-5,7-10H2. The normalized spacial score (nSPS) is 43.8. The molecule has 4 rings (SSSR count). The van der Waals surface area contributed by atoms with E-state index in [4.69, 9.17) is 0 Å². The first-order valence-electron chi connectivity index (χ1n) is 7.59. The Morgan fingerprint density at radius 2 is 1.88 bits per heavy atom. The summed E-state index contributed by atoms with van der Waals surface area (Å²) in [6, 6.07) is 1.77. The van der Waals surface area contributed by atoms with Crippen LogP contribution in [-0.2, 0) is 0 Å². The molecule has 2 heterocycles. The van der Waals surface area contributed by atoms with Gasteiger partial charge in [0.15, 0.2) is 0 Å². The van der Waals surface area contributed by atoms with Crippen LogP contribution < -0.4 is 0 Å². The minimum atomic E-state index is 0.870. The number of allylic oxidation sites excluding steroid dienone is 2. The highest BCUT2D eigenvalue weighted by Crippen LogP contribution is 2.46. The molecular formula is C16H23N. The molecule has 0 aromatic heterocycles. The van der Waals surface area contributed by atoms with Crippen LogP contribution in [0.1, 0.15) is 51.4 Å². The molecule has 1 heteroatoms. The summed E-state index contributed by atoms with van der Waals surface area (Å²) in [4.78, 5) is 2.79. The Hall–Kier alpha value is -0.720. The zero-order valence-electron chi connectivity index (χ0n) is 10.6. The van der Waals surface area contributed by atoms with Crippen molar-refractivity contribution >= 4 is 0 Å². The zero-order valence-corrected chi connectivity index (χ0v) is 10.6. The van der Waals surface area contributed by atoms with Crippen LogP contribution in [0.25, 0.3) is 0 Å². The summed E-state index contributed by atoms with van der Waals surface area (Å²) in [5.74, 6) is 1.89. The lowest BCUT2D eigenvalue weighted by atomic mass is 9.74. The Bertz CT molecular complexity index is 368. The molecular weight excluding hydrogens is 206 g/mol. The Morgan fingerprint density at radius 3 is 2.88 bits per heavy atom. The van der Waals surface area contributed by atoms with Gasteiger partial charge < -0.3 is 4.90 Å². The summed E-state index contributed by atoms with van der Waals surface area (Å²) in [6.07, 6.45) is 18.9. The molecule has 0 amide bonds. The van der Waals surface area contributed by atoms with Gasteiger partial charge in [0.1, 0.15) is 0 Å². The second kappa shape index (κ2) is 3.90. The molecule has 2 fully saturated rings. The molecule has 1 saturated heterocycles. The van der Waals surface area contributed by atoms with Crippen molar-refractivity contribution in [2.45, 2.75) is 63.5 Å². The minimum Gasteiger partial charge on any atom is -0.370 e. The lowest BCUT2D eigenvalue weighted by Gasteiger charge is -2.47. The molecule has 0 spiro atoms. The van der Waals surface area contributed by atoms with E-state index >= 15 is 0 Å². The zero-order chi connectivity index (χ0) is 11.2. The largest absolute Gasteiger partial charge is 0.370 e. The molecule has 1 nitrogen and oxygen atoms in total. The summed E-state index contributed by atoms with van der Waals surface area (Å²) in [5.41, 5.74) is 1.65. The number of fused-ring (bicyclic) bond motifs is 5. The fourth-order valence-electron chi connectivity index (χ4n) is 4.81. The van der Waals surface area contributed by atoms with Crippen LogP contribution in [0.5, 0.6) is 0 Å². The van der Waals surface area contributed by atoms with Crippen LogP contribution in [0.15, 0.2) is 23.9 Å². The summed E-state index contributed by atoms with van der Waals surface area (Å²) >= 11 is 0. The van der Waals surface area contributed by atoms with Gasteiger partial charge in [-0.15, -0.1) is 0 Å². The molecule has 0 aromatic carbocycles. The van der Waals surface area contributed by atoms with Crippen molar-refractivity contribution in [3.63, 3.8) is 0 Å². The lowest BCUT2D eigenvalue weighted by molar-refractivity contribution is 0.0488. The van der Waals surface area contributed by atoms with Gasteiger partial charge in [-0.05, 0) is 50.0 Å². The highest BCUT2D eigenvalue weighted by atomic mass is 15.2. The van der Waals surface area contributed by atoms with Crippen molar-refractivity contribution in [2.75, 3.05) is 0 Å². The van der Waals surface area contributed by atoms with Gasteiger partial charge in [0.05, 0.1) is 0 Å². The molecule has 4 unspecified atom stereocenters. The molecule has 0 aromatic rings. The number of piperidine rings is 1. The van der Waals surface area contributed by atoms with E-state index in [0.29, 0.717) is 0 Å². The average molecular weight is 229 g/mol. The van der Waals surface area contributed by atoms with Crippen LogP contribution in [0, 0.1) is 11.8 Å². The molecule has 17 heavy (non-hydrogen) atoms. The topological polar surface area (TPSA) is 3.24 Å². The summed E-state index contributed by atoms with van der Waals surface area (Å²) in [6.45, 7) is 0. The summed E-state index contributed by atoms with van der Waals surface area (Å²) in [5, 5.41) is 0. The fourth-order valence-corrected chi connectivity index (χ4v) is 4.81. The molecule has 2 aliphatic carbocycles. The number of hydrogen-bond acceptors (Lipinski definition) is 1. The predicted molar refractivity (Wildman–Crippen MR) is 70.6 cm³/mol. The maximum Gasteiger partial charge on any atom is 0.0357 e. The molecule has 0 N–H and O–H groups in total. The Balaban J connectivity index is 1.64. The van der Waals surface area contributed by atoms with Gasteiger partial charge in [0.2, 0.25) is 0 Å². The first-order valence-corrected chi connectivity index (χ1v) is 7.59. The highest BCUT2D eigenvalue weighted by molar-refractivity contribution is 5.31. The van der Waals surface area contributed by atoms with E-state index in [2.05, 4.69) is 23.3 Å². The predicted octanol–water partition coefficient (Wildman–Crippen LogP) is 3.87. The van der Waals surface area contributed by atoms with Crippen LogP contribution in [-0.4, -0.2) is 17.0 Å². The van der Waals surface area contributed by atoms with Crippen molar-refractivity contribution in [1.29, 1.82) is 0 Å². The molecule has 2 aliphatic heterocycles. The Kier molecular flexibility index (Phi) is 2.34. The molecule has 4 aliphatic rings. The van der Waals surface area contributed by atoms with E-state index < -0.39 is 0 Å². The molecule has 0 radical (unpaired) electrons. The third kappa shape index (κ3) is 1.51. The van der Waals surface area contributed by atoms with E-state index in [1.807, 2.05) is 0 Å². The number of rotatable bonds is 0. The molecule has 1 saturated carbocycles. The number of hydrogen-bond donors (Lipinski definition) is 0. The van der Waals surface area contributed by atoms with Crippen molar-refractivity contribution in [2.24, 2.45) is 11.8 Å². The SMILES string of the molecule is C1=CC2=CN3C4CCCCC4CCC3C2CC1. The Morgan fingerprint density at radius 1 is 0.941 bits per heavy atom. The first kappa shape index (κ1) is 10.2. The smallest absolute Gasteiger partial charge is 0.0357 e. The van der Waals surface area contributed by atoms with Crippen molar-refractivity contribution in [3.8, 4) is 0 Å². The minimum absolute atomic E-state index is 0.870. The van der Waals surface area contributed by atoms with E-state index in [-0.39, 0.29) is 0 Å². The van der Waals surface area contributed by atoms with Crippen LogP contribution in [0.3, 0.4) is 0 Å². The van der Waals surface area contributed by atoms with Gasteiger partial charge in [-0.3, -0.25) is 0 Å². The monoisotopic (exact) mass is 229 g/mol. The third-order valence-electron chi connectivity index (χ3n) is 5.61. The van der Waals surface area contributed by atoms with Crippen molar-refractivity contribution in [3.05, 3.63) is 23.9 Å². The van der Waals surface area contributed by atoms with Gasteiger partial charge in [-0.1, -0.05) is 25.0 Å². The van der Waals surface area contributed by atoms with Crippen molar-refractivity contribution in [1.82, 2.24) is 4.90 Å².